The van der Waals surface area contributed by atoms with Crippen molar-refractivity contribution in [3.05, 3.63) is 23.8 Å². The predicted octanol–water partition coefficient (Wildman–Crippen LogP) is 4.71. The van der Waals surface area contributed by atoms with Gasteiger partial charge < -0.3 is 14.2 Å². The third-order valence-corrected chi connectivity index (χ3v) is 5.85. The second-order valence-corrected chi connectivity index (χ2v) is 7.97. The van der Waals surface area contributed by atoms with Gasteiger partial charge in [-0.05, 0) is 37.5 Å². The standard InChI is InChI=1S/C20H22F5N3O2/c21-19(22)6-4-13(5-7-19)17(29)27-8-1-9-28(11-10-27)18-26-15-12-14(20(23,24)25)2-3-16(15)30-18/h2-3,12-13H,1,4-11H2. The van der Waals surface area contributed by atoms with Gasteiger partial charge in [0, 0.05) is 44.9 Å². The predicted molar refractivity (Wildman–Crippen MR) is 99.3 cm³/mol. The molecule has 4 rings (SSSR count). The number of hydrogen-bond donors (Lipinski definition) is 0. The fraction of sp³-hybridized carbons (Fsp3) is 0.600. The molecule has 0 unspecified atom stereocenters. The minimum absolute atomic E-state index is 0.0975. The molecule has 0 atom stereocenters. The fourth-order valence-corrected chi connectivity index (χ4v) is 4.10. The van der Waals surface area contributed by atoms with Crippen LogP contribution < -0.4 is 4.90 Å². The molecule has 1 aliphatic heterocycles. The van der Waals surface area contributed by atoms with Crippen LogP contribution in [-0.4, -0.2) is 47.9 Å². The molecule has 0 radical (unpaired) electrons. The van der Waals surface area contributed by atoms with E-state index in [1.54, 1.807) is 9.80 Å². The van der Waals surface area contributed by atoms with Crippen LogP contribution in [0.4, 0.5) is 28.0 Å². The highest BCUT2D eigenvalue weighted by Gasteiger charge is 2.39. The van der Waals surface area contributed by atoms with Gasteiger partial charge in [0.25, 0.3) is 6.01 Å². The molecule has 2 fully saturated rings. The molecule has 0 spiro atoms. The van der Waals surface area contributed by atoms with Gasteiger partial charge in [0.2, 0.25) is 11.8 Å². The van der Waals surface area contributed by atoms with Crippen LogP contribution in [-0.2, 0) is 11.0 Å². The molecule has 1 amide bonds. The van der Waals surface area contributed by atoms with E-state index in [0.717, 1.165) is 12.1 Å². The molecular formula is C20H22F5N3O2. The Hall–Kier alpha value is -2.39. The van der Waals surface area contributed by atoms with E-state index >= 15 is 0 Å². The molecule has 1 aliphatic carbocycles. The lowest BCUT2D eigenvalue weighted by Gasteiger charge is -2.31. The molecule has 2 aromatic rings. The average molecular weight is 431 g/mol. The third kappa shape index (κ3) is 4.37. The molecule has 0 bridgehead atoms. The van der Waals surface area contributed by atoms with Crippen molar-refractivity contribution in [2.45, 2.75) is 44.2 Å². The lowest BCUT2D eigenvalue weighted by atomic mass is 9.86. The summed E-state index contributed by atoms with van der Waals surface area (Å²) in [6, 6.07) is 3.38. The summed E-state index contributed by atoms with van der Waals surface area (Å²) in [5, 5.41) is 0. The number of amides is 1. The lowest BCUT2D eigenvalue weighted by molar-refractivity contribution is -0.139. The lowest BCUT2D eigenvalue weighted by Crippen LogP contribution is -2.41. The molecule has 1 saturated carbocycles. The quantitative estimate of drug-likeness (QED) is 0.647. The Bertz CT molecular complexity index is 917. The number of benzene rings is 1. The van der Waals surface area contributed by atoms with Gasteiger partial charge >= 0.3 is 6.18 Å². The van der Waals surface area contributed by atoms with E-state index in [4.69, 9.17) is 4.42 Å². The summed E-state index contributed by atoms with van der Waals surface area (Å²) in [5.41, 5.74) is -0.404. The maximum atomic E-state index is 13.4. The summed E-state index contributed by atoms with van der Waals surface area (Å²) in [6.07, 6.45) is -3.96. The number of carbonyl (C=O) groups excluding carboxylic acids is 1. The largest absolute Gasteiger partial charge is 0.423 e. The number of aromatic nitrogens is 1. The van der Waals surface area contributed by atoms with Gasteiger partial charge in [0.1, 0.15) is 5.52 Å². The molecule has 0 N–H and O–H groups in total. The smallest absolute Gasteiger partial charge is 0.416 e. The van der Waals surface area contributed by atoms with E-state index in [1.807, 2.05) is 0 Å². The number of alkyl halides is 5. The highest BCUT2D eigenvalue weighted by Crippen LogP contribution is 2.37. The average Bonchev–Trinajstić information content (AvgIpc) is 2.95. The molecule has 1 aromatic carbocycles. The van der Waals surface area contributed by atoms with Gasteiger partial charge in [0.05, 0.1) is 5.56 Å². The Morgan fingerprint density at radius 2 is 1.83 bits per heavy atom. The summed E-state index contributed by atoms with van der Waals surface area (Å²) in [6.45, 7) is 1.83. The fourth-order valence-electron chi connectivity index (χ4n) is 4.10. The van der Waals surface area contributed by atoms with Crippen molar-refractivity contribution in [1.82, 2.24) is 9.88 Å². The summed E-state index contributed by atoms with van der Waals surface area (Å²) in [7, 11) is 0. The van der Waals surface area contributed by atoms with Crippen LogP contribution in [0.3, 0.4) is 0 Å². The summed E-state index contributed by atoms with van der Waals surface area (Å²) in [4.78, 5) is 20.4. The second-order valence-electron chi connectivity index (χ2n) is 7.97. The van der Waals surface area contributed by atoms with Gasteiger partial charge in [0.15, 0.2) is 5.58 Å². The van der Waals surface area contributed by atoms with Crippen molar-refractivity contribution in [2.75, 3.05) is 31.1 Å². The summed E-state index contributed by atoms with van der Waals surface area (Å²) >= 11 is 0. The molecule has 30 heavy (non-hydrogen) atoms. The zero-order chi connectivity index (χ0) is 21.5. The molecule has 2 aliphatic rings. The van der Waals surface area contributed by atoms with Crippen molar-refractivity contribution in [3.63, 3.8) is 0 Å². The van der Waals surface area contributed by atoms with E-state index in [9.17, 15) is 26.7 Å². The Labute approximate surface area is 169 Å². The normalized spacial score (nSPS) is 21.1. The van der Waals surface area contributed by atoms with Crippen molar-refractivity contribution in [1.29, 1.82) is 0 Å². The molecule has 1 saturated heterocycles. The number of hydrogen-bond acceptors (Lipinski definition) is 4. The minimum Gasteiger partial charge on any atom is -0.423 e. The number of fused-ring (bicyclic) bond motifs is 1. The number of oxazole rings is 1. The number of nitrogens with zero attached hydrogens (tertiary/aromatic N) is 3. The van der Waals surface area contributed by atoms with Crippen molar-refractivity contribution in [2.24, 2.45) is 5.92 Å². The van der Waals surface area contributed by atoms with Crippen LogP contribution in [0, 0.1) is 5.92 Å². The monoisotopic (exact) mass is 431 g/mol. The Morgan fingerprint density at radius 1 is 1.10 bits per heavy atom. The maximum Gasteiger partial charge on any atom is 0.416 e. The van der Waals surface area contributed by atoms with E-state index in [2.05, 4.69) is 4.98 Å². The van der Waals surface area contributed by atoms with E-state index in [1.165, 1.54) is 6.07 Å². The van der Waals surface area contributed by atoms with Gasteiger partial charge in [-0.25, -0.2) is 8.78 Å². The van der Waals surface area contributed by atoms with Gasteiger partial charge in [-0.3, -0.25) is 4.79 Å². The van der Waals surface area contributed by atoms with Gasteiger partial charge in [-0.2, -0.15) is 18.2 Å². The van der Waals surface area contributed by atoms with Crippen LogP contribution in [0.5, 0.6) is 0 Å². The van der Waals surface area contributed by atoms with Crippen LogP contribution in [0.25, 0.3) is 11.1 Å². The Balaban J connectivity index is 1.42. The highest BCUT2D eigenvalue weighted by molar-refractivity contribution is 5.79. The molecule has 5 nitrogen and oxygen atoms in total. The molecule has 10 heteroatoms. The van der Waals surface area contributed by atoms with Crippen LogP contribution in [0.2, 0.25) is 0 Å². The Kier molecular flexibility index (Phi) is 5.36. The number of anilines is 1. The summed E-state index contributed by atoms with van der Waals surface area (Å²) in [5.74, 6) is -3.15. The van der Waals surface area contributed by atoms with Crippen molar-refractivity contribution in [3.8, 4) is 0 Å². The maximum absolute atomic E-state index is 13.4. The van der Waals surface area contributed by atoms with E-state index < -0.39 is 17.7 Å². The van der Waals surface area contributed by atoms with Crippen LogP contribution >= 0.6 is 0 Å². The molecule has 1 aromatic heterocycles. The Morgan fingerprint density at radius 3 is 2.53 bits per heavy atom. The molecule has 164 valence electrons. The first kappa shape index (κ1) is 20.9. The number of carbonyl (C=O) groups is 1. The van der Waals surface area contributed by atoms with Crippen LogP contribution in [0.15, 0.2) is 22.6 Å². The van der Waals surface area contributed by atoms with Crippen molar-refractivity contribution >= 4 is 23.0 Å². The zero-order valence-corrected chi connectivity index (χ0v) is 16.2. The first-order chi connectivity index (χ1) is 14.1. The minimum atomic E-state index is -4.46. The van der Waals surface area contributed by atoms with Gasteiger partial charge in [-0.15, -0.1) is 0 Å². The van der Waals surface area contributed by atoms with Crippen molar-refractivity contribution < 1.29 is 31.2 Å². The second kappa shape index (κ2) is 7.70. The van der Waals surface area contributed by atoms with Gasteiger partial charge in [-0.1, -0.05) is 0 Å². The topological polar surface area (TPSA) is 49.6 Å². The number of halogens is 5. The van der Waals surface area contributed by atoms with E-state index in [-0.39, 0.29) is 54.6 Å². The molecular weight excluding hydrogens is 409 g/mol. The SMILES string of the molecule is O=C(C1CCC(F)(F)CC1)N1CCCN(c2nc3cc(C(F)(F)F)ccc3o2)CC1. The highest BCUT2D eigenvalue weighted by atomic mass is 19.4. The summed E-state index contributed by atoms with van der Waals surface area (Å²) < 4.78 is 71.0. The first-order valence-electron chi connectivity index (χ1n) is 10.0. The van der Waals surface area contributed by atoms with E-state index in [0.29, 0.717) is 32.6 Å². The van der Waals surface area contributed by atoms with Crippen LogP contribution in [0.1, 0.15) is 37.7 Å². The third-order valence-electron chi connectivity index (χ3n) is 5.85. The first-order valence-corrected chi connectivity index (χ1v) is 10.0. The zero-order valence-electron chi connectivity index (χ0n) is 16.2. The number of rotatable bonds is 2. The molecule has 2 heterocycles.